The molecule has 7 nitrogen and oxygen atoms in total. The molecule has 1 aromatic carbocycles. The van der Waals surface area contributed by atoms with Crippen molar-refractivity contribution in [3.05, 3.63) is 28.8 Å². The van der Waals surface area contributed by atoms with Gasteiger partial charge < -0.3 is 9.47 Å². The smallest absolute Gasteiger partial charge is 0.347 e. The predicted molar refractivity (Wildman–Crippen MR) is 93.4 cm³/mol. The van der Waals surface area contributed by atoms with E-state index in [9.17, 15) is 18.0 Å². The summed E-state index contributed by atoms with van der Waals surface area (Å²) in [4.78, 5) is 24.0. The number of hydrogen-bond acceptors (Lipinski definition) is 6. The molecule has 142 valence electrons. The first kappa shape index (κ1) is 19.1. The zero-order valence-electron chi connectivity index (χ0n) is 14.3. The maximum atomic E-state index is 12.8. The highest BCUT2D eigenvalue weighted by atomic mass is 35.5. The second-order valence-electron chi connectivity index (χ2n) is 6.48. The molecular weight excluding hydrogens is 382 g/mol. The molecule has 2 aliphatic rings. The van der Waals surface area contributed by atoms with Crippen LogP contribution in [0.2, 0.25) is 5.02 Å². The molecular formula is C17H20ClNO6S. The van der Waals surface area contributed by atoms with Gasteiger partial charge in [0.25, 0.3) is 0 Å². The molecule has 3 rings (SSSR count). The number of piperidine rings is 1. The van der Waals surface area contributed by atoms with E-state index < -0.39 is 28.1 Å². The SMILES string of the molecule is C[C@H]1C[C@H](OC(=O)c2cc(S(=O)(=O)N3CCCCC3)ccc2Cl)C(=O)O1. The van der Waals surface area contributed by atoms with Crippen LogP contribution in [0.15, 0.2) is 23.1 Å². The molecule has 0 unspecified atom stereocenters. The highest BCUT2D eigenvalue weighted by Crippen LogP contribution is 2.27. The van der Waals surface area contributed by atoms with Gasteiger partial charge in [0.05, 0.1) is 15.5 Å². The Morgan fingerprint density at radius 2 is 1.96 bits per heavy atom. The molecule has 2 heterocycles. The molecule has 0 N–H and O–H groups in total. The van der Waals surface area contributed by atoms with Crippen molar-refractivity contribution in [2.24, 2.45) is 0 Å². The number of benzene rings is 1. The van der Waals surface area contributed by atoms with Gasteiger partial charge >= 0.3 is 11.9 Å². The number of esters is 2. The van der Waals surface area contributed by atoms with E-state index in [-0.39, 0.29) is 28.0 Å². The van der Waals surface area contributed by atoms with Crippen LogP contribution in [0.25, 0.3) is 0 Å². The molecule has 2 saturated heterocycles. The topological polar surface area (TPSA) is 90.0 Å². The van der Waals surface area contributed by atoms with Crippen LogP contribution in [0, 0.1) is 0 Å². The standard InChI is InChI=1S/C17H20ClNO6S/c1-11-9-15(17(21)24-11)25-16(20)13-10-12(5-6-14(13)18)26(22,23)19-7-3-2-4-8-19/h5-6,10-11,15H,2-4,7-9H2,1H3/t11-,15-/m0/s1. The van der Waals surface area contributed by atoms with Gasteiger partial charge in [-0.2, -0.15) is 4.31 Å². The van der Waals surface area contributed by atoms with Crippen molar-refractivity contribution in [3.63, 3.8) is 0 Å². The van der Waals surface area contributed by atoms with Gasteiger partial charge in [-0.3, -0.25) is 0 Å². The quantitative estimate of drug-likeness (QED) is 0.719. The number of carbonyl (C=O) groups excluding carboxylic acids is 2. The van der Waals surface area contributed by atoms with E-state index in [1.807, 2.05) is 0 Å². The molecule has 1 aromatic rings. The van der Waals surface area contributed by atoms with Crippen molar-refractivity contribution in [2.75, 3.05) is 13.1 Å². The van der Waals surface area contributed by atoms with Gasteiger partial charge in [0.2, 0.25) is 16.1 Å². The van der Waals surface area contributed by atoms with Gasteiger partial charge in [0.15, 0.2) is 0 Å². The Balaban J connectivity index is 1.83. The first-order valence-electron chi connectivity index (χ1n) is 8.50. The summed E-state index contributed by atoms with van der Waals surface area (Å²) in [5, 5.41) is 0.0620. The average Bonchev–Trinajstić information content (AvgIpc) is 2.93. The first-order valence-corrected chi connectivity index (χ1v) is 10.3. The van der Waals surface area contributed by atoms with Gasteiger partial charge in [-0.1, -0.05) is 18.0 Å². The lowest BCUT2D eigenvalue weighted by atomic mass is 10.2. The van der Waals surface area contributed by atoms with Gasteiger partial charge in [-0.15, -0.1) is 0 Å². The molecule has 9 heteroatoms. The molecule has 0 radical (unpaired) electrons. The fourth-order valence-electron chi connectivity index (χ4n) is 3.08. The van der Waals surface area contributed by atoms with Crippen LogP contribution in [-0.2, 0) is 24.3 Å². The minimum Gasteiger partial charge on any atom is -0.460 e. The molecule has 2 aliphatic heterocycles. The maximum Gasteiger partial charge on any atom is 0.347 e. The average molecular weight is 402 g/mol. The van der Waals surface area contributed by atoms with Crippen molar-refractivity contribution < 1.29 is 27.5 Å². The van der Waals surface area contributed by atoms with Gasteiger partial charge in [0.1, 0.15) is 6.10 Å². The number of hydrogen-bond donors (Lipinski definition) is 0. The third-order valence-corrected chi connectivity index (χ3v) is 6.71. The Morgan fingerprint density at radius 1 is 1.27 bits per heavy atom. The molecule has 0 spiro atoms. The van der Waals surface area contributed by atoms with E-state index in [1.54, 1.807) is 6.92 Å². The normalized spacial score (nSPS) is 24.3. The molecule has 0 amide bonds. The van der Waals surface area contributed by atoms with E-state index in [0.29, 0.717) is 13.1 Å². The number of nitrogens with zero attached hydrogens (tertiary/aromatic N) is 1. The molecule has 0 saturated carbocycles. The second kappa shape index (κ2) is 7.54. The molecule has 26 heavy (non-hydrogen) atoms. The highest BCUT2D eigenvalue weighted by Gasteiger charge is 2.36. The summed E-state index contributed by atoms with van der Waals surface area (Å²) in [6, 6.07) is 3.93. The van der Waals surface area contributed by atoms with Crippen LogP contribution in [0.3, 0.4) is 0 Å². The van der Waals surface area contributed by atoms with E-state index in [0.717, 1.165) is 19.3 Å². The lowest BCUT2D eigenvalue weighted by Crippen LogP contribution is -2.35. The summed E-state index contributed by atoms with van der Waals surface area (Å²) in [6.45, 7) is 2.61. The summed E-state index contributed by atoms with van der Waals surface area (Å²) in [5.74, 6) is -1.46. The number of ether oxygens (including phenoxy) is 2. The van der Waals surface area contributed by atoms with E-state index in [1.165, 1.54) is 22.5 Å². The van der Waals surface area contributed by atoms with Crippen molar-refractivity contribution in [2.45, 2.75) is 49.7 Å². The number of sulfonamides is 1. The fourth-order valence-corrected chi connectivity index (χ4v) is 4.82. The third-order valence-electron chi connectivity index (χ3n) is 4.49. The first-order chi connectivity index (χ1) is 12.3. The van der Waals surface area contributed by atoms with Crippen LogP contribution in [0.5, 0.6) is 0 Å². The molecule has 0 aliphatic carbocycles. The van der Waals surface area contributed by atoms with Crippen LogP contribution < -0.4 is 0 Å². The summed E-state index contributed by atoms with van der Waals surface area (Å²) < 4.78 is 37.1. The van der Waals surface area contributed by atoms with Crippen LogP contribution >= 0.6 is 11.6 Å². The minimum atomic E-state index is -3.71. The Morgan fingerprint density at radius 3 is 2.58 bits per heavy atom. The summed E-state index contributed by atoms with van der Waals surface area (Å²) in [6.07, 6.45) is 1.54. The molecule has 0 bridgehead atoms. The maximum absolute atomic E-state index is 12.8. The number of carbonyl (C=O) groups is 2. The Labute approximate surface area is 157 Å². The Bertz CT molecular complexity index is 819. The largest absolute Gasteiger partial charge is 0.460 e. The van der Waals surface area contributed by atoms with E-state index >= 15 is 0 Å². The summed E-state index contributed by atoms with van der Waals surface area (Å²) in [7, 11) is -3.71. The number of rotatable bonds is 4. The van der Waals surface area contributed by atoms with Crippen LogP contribution in [0.4, 0.5) is 0 Å². The Hall–Kier alpha value is -1.64. The van der Waals surface area contributed by atoms with Crippen LogP contribution in [-0.4, -0.2) is 50.0 Å². The van der Waals surface area contributed by atoms with Crippen molar-refractivity contribution in [3.8, 4) is 0 Å². The molecule has 0 aromatic heterocycles. The minimum absolute atomic E-state index is 0.0156. The predicted octanol–water partition coefficient (Wildman–Crippen LogP) is 2.38. The zero-order chi connectivity index (χ0) is 18.9. The second-order valence-corrected chi connectivity index (χ2v) is 8.83. The zero-order valence-corrected chi connectivity index (χ0v) is 15.9. The van der Waals surface area contributed by atoms with Gasteiger partial charge in [0, 0.05) is 19.5 Å². The van der Waals surface area contributed by atoms with Gasteiger partial charge in [-0.05, 0) is 38.0 Å². The lowest BCUT2D eigenvalue weighted by molar-refractivity contribution is -0.147. The third kappa shape index (κ3) is 3.87. The van der Waals surface area contributed by atoms with Crippen molar-refractivity contribution >= 4 is 33.6 Å². The number of halogens is 1. The number of cyclic esters (lactones) is 1. The summed E-state index contributed by atoms with van der Waals surface area (Å²) in [5.41, 5.74) is -0.0860. The fraction of sp³-hybridized carbons (Fsp3) is 0.529. The van der Waals surface area contributed by atoms with E-state index in [4.69, 9.17) is 21.1 Å². The highest BCUT2D eigenvalue weighted by molar-refractivity contribution is 7.89. The van der Waals surface area contributed by atoms with Gasteiger partial charge in [-0.25, -0.2) is 18.0 Å². The lowest BCUT2D eigenvalue weighted by Gasteiger charge is -2.26. The molecule has 2 fully saturated rings. The van der Waals surface area contributed by atoms with Crippen molar-refractivity contribution in [1.82, 2.24) is 4.31 Å². The Kier molecular flexibility index (Phi) is 5.55. The van der Waals surface area contributed by atoms with E-state index in [2.05, 4.69) is 0 Å². The monoisotopic (exact) mass is 401 g/mol. The van der Waals surface area contributed by atoms with Crippen molar-refractivity contribution in [1.29, 1.82) is 0 Å². The summed E-state index contributed by atoms with van der Waals surface area (Å²) >= 11 is 6.05. The van der Waals surface area contributed by atoms with Crippen LogP contribution in [0.1, 0.15) is 43.0 Å². The molecule has 2 atom stereocenters.